The summed E-state index contributed by atoms with van der Waals surface area (Å²) in [5.41, 5.74) is 4.54. The van der Waals surface area contributed by atoms with E-state index in [1.54, 1.807) is 19.2 Å². The molecule has 3 heterocycles. The molecule has 6 heteroatoms. The van der Waals surface area contributed by atoms with Gasteiger partial charge in [-0.15, -0.1) is 0 Å². The molecule has 0 fully saturated rings. The second-order valence-corrected chi connectivity index (χ2v) is 6.69. The van der Waals surface area contributed by atoms with Gasteiger partial charge in [0, 0.05) is 29.5 Å². The lowest BCUT2D eigenvalue weighted by Crippen LogP contribution is -1.98. The molecular weight excluding hydrogens is 334 g/mol. The summed E-state index contributed by atoms with van der Waals surface area (Å²) in [6.45, 7) is 2.48. The predicted octanol–water partition coefficient (Wildman–Crippen LogP) is 4.63. The number of hydrogen-bond acceptors (Lipinski definition) is 2. The molecule has 5 rings (SSSR count). The van der Waals surface area contributed by atoms with Crippen molar-refractivity contribution < 1.29 is 8.78 Å². The standard InChI is InChI=1S/C20H16F2N4/c1-11-14(5-6-15(21)18(11)22)19-20(26-8-2-3-17(26)24-19)12-4-7-16-13(9-12)10-23-25-16/h4-7,9-10H,2-3,8H2,1H3,(H,23,25). The fourth-order valence-corrected chi connectivity index (χ4v) is 3.81. The number of nitrogens with zero attached hydrogens (tertiary/aromatic N) is 3. The maximum atomic E-state index is 14.2. The molecular formula is C20H16F2N4. The van der Waals surface area contributed by atoms with E-state index in [1.165, 1.54) is 6.07 Å². The zero-order valence-electron chi connectivity index (χ0n) is 14.2. The van der Waals surface area contributed by atoms with Crippen LogP contribution >= 0.6 is 0 Å². The van der Waals surface area contributed by atoms with Gasteiger partial charge < -0.3 is 4.57 Å². The van der Waals surface area contributed by atoms with Gasteiger partial charge in [0.15, 0.2) is 11.6 Å². The molecule has 0 unspecified atom stereocenters. The first-order chi connectivity index (χ1) is 12.6. The zero-order chi connectivity index (χ0) is 17.8. The second kappa shape index (κ2) is 5.49. The van der Waals surface area contributed by atoms with Crippen molar-refractivity contribution in [3.8, 4) is 22.5 Å². The fourth-order valence-electron chi connectivity index (χ4n) is 3.81. The van der Waals surface area contributed by atoms with Crippen LogP contribution in [0.1, 0.15) is 17.8 Å². The molecule has 2 aromatic heterocycles. The molecule has 0 saturated carbocycles. The number of halogens is 2. The van der Waals surface area contributed by atoms with Gasteiger partial charge in [-0.05, 0) is 43.2 Å². The van der Waals surface area contributed by atoms with Crippen molar-refractivity contribution in [2.75, 3.05) is 0 Å². The monoisotopic (exact) mass is 350 g/mol. The van der Waals surface area contributed by atoms with Crippen molar-refractivity contribution in [1.82, 2.24) is 19.7 Å². The van der Waals surface area contributed by atoms with Crippen LogP contribution in [0.4, 0.5) is 8.78 Å². The first-order valence-corrected chi connectivity index (χ1v) is 8.61. The smallest absolute Gasteiger partial charge is 0.162 e. The van der Waals surface area contributed by atoms with Crippen molar-refractivity contribution in [1.29, 1.82) is 0 Å². The lowest BCUT2D eigenvalue weighted by atomic mass is 9.99. The van der Waals surface area contributed by atoms with Gasteiger partial charge in [0.2, 0.25) is 0 Å². The van der Waals surface area contributed by atoms with E-state index in [0.29, 0.717) is 11.3 Å². The van der Waals surface area contributed by atoms with Crippen molar-refractivity contribution in [3.63, 3.8) is 0 Å². The van der Waals surface area contributed by atoms with Gasteiger partial charge in [0.1, 0.15) is 5.82 Å². The molecule has 0 atom stereocenters. The highest BCUT2D eigenvalue weighted by atomic mass is 19.2. The fraction of sp³-hybridized carbons (Fsp3) is 0.200. The second-order valence-electron chi connectivity index (χ2n) is 6.69. The van der Waals surface area contributed by atoms with Crippen LogP contribution in [0.2, 0.25) is 0 Å². The summed E-state index contributed by atoms with van der Waals surface area (Å²) in [5, 5.41) is 8.03. The van der Waals surface area contributed by atoms with Gasteiger partial charge in [-0.3, -0.25) is 5.10 Å². The third-order valence-corrected chi connectivity index (χ3v) is 5.14. The van der Waals surface area contributed by atoms with Gasteiger partial charge >= 0.3 is 0 Å². The Hall–Kier alpha value is -3.02. The Morgan fingerprint density at radius 1 is 1.15 bits per heavy atom. The Balaban J connectivity index is 1.79. The molecule has 1 N–H and O–H groups in total. The maximum absolute atomic E-state index is 14.2. The maximum Gasteiger partial charge on any atom is 0.162 e. The van der Waals surface area contributed by atoms with Gasteiger partial charge in [-0.2, -0.15) is 5.10 Å². The third-order valence-electron chi connectivity index (χ3n) is 5.14. The molecule has 1 aliphatic rings. The van der Waals surface area contributed by atoms with Crippen LogP contribution in [0.15, 0.2) is 36.5 Å². The van der Waals surface area contributed by atoms with Crippen LogP contribution in [-0.2, 0) is 13.0 Å². The van der Waals surface area contributed by atoms with Crippen LogP contribution in [0.5, 0.6) is 0 Å². The van der Waals surface area contributed by atoms with Crippen molar-refractivity contribution in [2.45, 2.75) is 26.3 Å². The number of aryl methyl sites for hydroxylation is 1. The molecule has 0 aliphatic carbocycles. The number of nitrogens with one attached hydrogen (secondary N) is 1. The minimum absolute atomic E-state index is 0.285. The third kappa shape index (κ3) is 2.11. The van der Waals surface area contributed by atoms with Crippen LogP contribution in [0.25, 0.3) is 33.4 Å². The van der Waals surface area contributed by atoms with Crippen molar-refractivity contribution in [3.05, 3.63) is 59.6 Å². The Kier molecular flexibility index (Phi) is 3.22. The predicted molar refractivity (Wildman–Crippen MR) is 95.7 cm³/mol. The van der Waals surface area contributed by atoms with Crippen molar-refractivity contribution >= 4 is 10.9 Å². The number of H-pyrrole nitrogens is 1. The highest BCUT2D eigenvalue weighted by Crippen LogP contribution is 2.38. The Morgan fingerprint density at radius 3 is 2.92 bits per heavy atom. The van der Waals surface area contributed by atoms with E-state index < -0.39 is 11.6 Å². The summed E-state index contributed by atoms with van der Waals surface area (Å²) in [6, 6.07) is 8.84. The Morgan fingerprint density at radius 2 is 2.04 bits per heavy atom. The molecule has 26 heavy (non-hydrogen) atoms. The largest absolute Gasteiger partial charge is 0.327 e. The lowest BCUT2D eigenvalue weighted by molar-refractivity contribution is 0.503. The minimum Gasteiger partial charge on any atom is -0.327 e. The number of benzene rings is 2. The van der Waals surface area contributed by atoms with Crippen LogP contribution in [-0.4, -0.2) is 19.7 Å². The number of aromatic nitrogens is 4. The quantitative estimate of drug-likeness (QED) is 0.573. The summed E-state index contributed by atoms with van der Waals surface area (Å²) in [6.07, 6.45) is 3.71. The number of aromatic amines is 1. The van der Waals surface area contributed by atoms with E-state index in [1.807, 2.05) is 12.1 Å². The topological polar surface area (TPSA) is 46.5 Å². The van der Waals surface area contributed by atoms with Gasteiger partial charge in [-0.1, -0.05) is 6.07 Å². The summed E-state index contributed by atoms with van der Waals surface area (Å²) in [4.78, 5) is 4.79. The van der Waals surface area contributed by atoms with Gasteiger partial charge in [0.05, 0.1) is 23.1 Å². The van der Waals surface area contributed by atoms with E-state index in [4.69, 9.17) is 4.98 Å². The summed E-state index contributed by atoms with van der Waals surface area (Å²) >= 11 is 0. The Labute approximate surface area is 148 Å². The van der Waals surface area contributed by atoms with Gasteiger partial charge in [0.25, 0.3) is 0 Å². The highest BCUT2D eigenvalue weighted by molar-refractivity contribution is 5.88. The first kappa shape index (κ1) is 15.3. The lowest BCUT2D eigenvalue weighted by Gasteiger charge is -2.11. The van der Waals surface area contributed by atoms with Crippen LogP contribution in [0, 0.1) is 18.6 Å². The van der Waals surface area contributed by atoms with E-state index in [0.717, 1.165) is 47.4 Å². The average Bonchev–Trinajstić information content (AvgIpc) is 3.34. The van der Waals surface area contributed by atoms with E-state index in [2.05, 4.69) is 20.8 Å². The molecule has 4 aromatic rings. The van der Waals surface area contributed by atoms with Crippen LogP contribution in [0.3, 0.4) is 0 Å². The minimum atomic E-state index is -0.834. The summed E-state index contributed by atoms with van der Waals surface area (Å²) < 4.78 is 29.9. The van der Waals surface area contributed by atoms with E-state index in [-0.39, 0.29) is 5.56 Å². The molecule has 2 aromatic carbocycles. The number of fused-ring (bicyclic) bond motifs is 2. The average molecular weight is 350 g/mol. The number of hydrogen-bond donors (Lipinski definition) is 1. The molecule has 0 saturated heterocycles. The van der Waals surface area contributed by atoms with Gasteiger partial charge in [-0.25, -0.2) is 13.8 Å². The van der Waals surface area contributed by atoms with E-state index in [9.17, 15) is 8.78 Å². The summed E-state index contributed by atoms with van der Waals surface area (Å²) in [7, 11) is 0. The molecule has 0 amide bonds. The normalized spacial score (nSPS) is 13.5. The van der Waals surface area contributed by atoms with Crippen LogP contribution < -0.4 is 0 Å². The Bertz CT molecular complexity index is 1160. The first-order valence-electron chi connectivity index (χ1n) is 8.61. The van der Waals surface area contributed by atoms with E-state index >= 15 is 0 Å². The zero-order valence-corrected chi connectivity index (χ0v) is 14.2. The molecule has 0 spiro atoms. The molecule has 130 valence electrons. The summed E-state index contributed by atoms with van der Waals surface area (Å²) in [5.74, 6) is -0.655. The molecule has 0 bridgehead atoms. The number of imidazole rings is 1. The highest BCUT2D eigenvalue weighted by Gasteiger charge is 2.25. The number of rotatable bonds is 2. The molecule has 0 radical (unpaired) electrons. The van der Waals surface area contributed by atoms with Crippen molar-refractivity contribution in [2.24, 2.45) is 0 Å². The SMILES string of the molecule is Cc1c(-c2nc3n(c2-c2ccc4[nH]ncc4c2)CCC3)ccc(F)c1F. The molecule has 1 aliphatic heterocycles. The molecule has 4 nitrogen and oxygen atoms in total.